The number of nitrogens with zero attached hydrogens (tertiary/aromatic N) is 4. The third-order valence-electron chi connectivity index (χ3n) is 3.85. The molecule has 0 aliphatic carbocycles. The highest BCUT2D eigenvalue weighted by Crippen LogP contribution is 2.12. The number of benzene rings is 2. The Labute approximate surface area is 131 Å². The van der Waals surface area contributed by atoms with Crippen molar-refractivity contribution in [2.45, 2.75) is 13.5 Å². The molecule has 1 heterocycles. The van der Waals surface area contributed by atoms with Crippen molar-refractivity contribution in [1.82, 2.24) is 9.78 Å². The largest absolute Gasteiger partial charge is 0.378 e. The SMILES string of the molecule is Cc1n(Cc2ccccc2)nc[n+]1-c1ccc(N(C)C)cc1. The van der Waals surface area contributed by atoms with Crippen molar-refractivity contribution in [1.29, 1.82) is 0 Å². The van der Waals surface area contributed by atoms with Crippen LogP contribution >= 0.6 is 0 Å². The molecule has 0 aliphatic rings. The summed E-state index contributed by atoms with van der Waals surface area (Å²) in [5, 5.41) is 4.51. The van der Waals surface area contributed by atoms with Gasteiger partial charge in [0.2, 0.25) is 5.82 Å². The first-order chi connectivity index (χ1) is 10.6. The van der Waals surface area contributed by atoms with Crippen LogP contribution < -0.4 is 9.47 Å². The van der Waals surface area contributed by atoms with Crippen LogP contribution in [0.15, 0.2) is 60.9 Å². The molecule has 0 bridgehead atoms. The number of rotatable bonds is 4. The molecule has 0 unspecified atom stereocenters. The van der Waals surface area contributed by atoms with Crippen molar-refractivity contribution >= 4 is 5.69 Å². The van der Waals surface area contributed by atoms with Crippen LogP contribution in [0.25, 0.3) is 5.69 Å². The summed E-state index contributed by atoms with van der Waals surface area (Å²) in [5.74, 6) is 1.11. The fourth-order valence-electron chi connectivity index (χ4n) is 2.48. The topological polar surface area (TPSA) is 24.9 Å². The highest BCUT2D eigenvalue weighted by atomic mass is 15.4. The molecule has 0 saturated heterocycles. The van der Waals surface area contributed by atoms with Crippen LogP contribution in [0.5, 0.6) is 0 Å². The van der Waals surface area contributed by atoms with E-state index in [2.05, 4.69) is 70.0 Å². The maximum absolute atomic E-state index is 4.51. The minimum atomic E-state index is 0.787. The lowest BCUT2D eigenvalue weighted by Gasteiger charge is -2.12. The molecule has 1 aromatic heterocycles. The summed E-state index contributed by atoms with van der Waals surface area (Å²) in [6.07, 6.45) is 1.88. The van der Waals surface area contributed by atoms with Crippen molar-refractivity contribution in [2.75, 3.05) is 19.0 Å². The Hall–Kier alpha value is -2.62. The van der Waals surface area contributed by atoms with Crippen LogP contribution in [0.3, 0.4) is 0 Å². The average molecular weight is 293 g/mol. The zero-order valence-corrected chi connectivity index (χ0v) is 13.3. The summed E-state index contributed by atoms with van der Waals surface area (Å²) >= 11 is 0. The van der Waals surface area contributed by atoms with Gasteiger partial charge >= 0.3 is 0 Å². The molecule has 3 aromatic rings. The first kappa shape index (κ1) is 14.3. The Bertz CT molecular complexity index is 743. The number of hydrogen-bond donors (Lipinski definition) is 0. The number of aromatic nitrogens is 3. The summed E-state index contributed by atoms with van der Waals surface area (Å²) in [5.41, 5.74) is 3.57. The van der Waals surface area contributed by atoms with Crippen molar-refractivity contribution in [3.63, 3.8) is 0 Å². The standard InChI is InChI=1S/C18H21N4/c1-15-21(18-11-9-17(10-12-18)20(2)3)14-19-22(15)13-16-7-5-4-6-8-16/h4-12,14H,13H2,1-3H3/q+1. The lowest BCUT2D eigenvalue weighted by atomic mass is 10.2. The molecular formula is C18H21N4+. The quantitative estimate of drug-likeness (QED) is 0.691. The molecule has 4 heteroatoms. The highest BCUT2D eigenvalue weighted by molar-refractivity contribution is 5.47. The molecule has 0 spiro atoms. The first-order valence-corrected chi connectivity index (χ1v) is 7.41. The van der Waals surface area contributed by atoms with Crippen LogP contribution in [-0.2, 0) is 6.54 Å². The van der Waals surface area contributed by atoms with Gasteiger partial charge in [0, 0.05) is 31.8 Å². The Kier molecular flexibility index (Phi) is 3.92. The van der Waals surface area contributed by atoms with Gasteiger partial charge < -0.3 is 4.90 Å². The molecule has 3 rings (SSSR count). The number of hydrogen-bond acceptors (Lipinski definition) is 2. The fourth-order valence-corrected chi connectivity index (χ4v) is 2.48. The Morgan fingerprint density at radius 2 is 1.68 bits per heavy atom. The summed E-state index contributed by atoms with van der Waals surface area (Å²) in [4.78, 5) is 2.10. The second-order valence-electron chi connectivity index (χ2n) is 5.60. The van der Waals surface area contributed by atoms with E-state index in [1.165, 1.54) is 11.3 Å². The minimum absolute atomic E-state index is 0.787. The summed E-state index contributed by atoms with van der Waals surface area (Å²) in [6, 6.07) is 18.9. The molecule has 0 radical (unpaired) electrons. The van der Waals surface area contributed by atoms with E-state index in [-0.39, 0.29) is 0 Å². The normalized spacial score (nSPS) is 10.7. The van der Waals surface area contributed by atoms with E-state index in [4.69, 9.17) is 0 Å². The Balaban J connectivity index is 1.87. The minimum Gasteiger partial charge on any atom is -0.378 e. The van der Waals surface area contributed by atoms with Gasteiger partial charge in [0.15, 0.2) is 0 Å². The summed E-state index contributed by atoms with van der Waals surface area (Å²) in [7, 11) is 4.09. The van der Waals surface area contributed by atoms with E-state index in [1.54, 1.807) is 0 Å². The summed E-state index contributed by atoms with van der Waals surface area (Å²) < 4.78 is 4.14. The molecule has 0 fully saturated rings. The zero-order valence-electron chi connectivity index (χ0n) is 13.3. The van der Waals surface area contributed by atoms with Crippen molar-refractivity contribution in [3.05, 3.63) is 72.3 Å². The van der Waals surface area contributed by atoms with Crippen LogP contribution in [0.1, 0.15) is 11.4 Å². The maximum Gasteiger partial charge on any atom is 0.270 e. The van der Waals surface area contributed by atoms with Crippen LogP contribution in [0.4, 0.5) is 5.69 Å². The lowest BCUT2D eigenvalue weighted by molar-refractivity contribution is -0.603. The predicted molar refractivity (Wildman–Crippen MR) is 88.4 cm³/mol. The third kappa shape index (κ3) is 2.86. The van der Waals surface area contributed by atoms with E-state index in [0.29, 0.717) is 0 Å². The van der Waals surface area contributed by atoms with E-state index in [9.17, 15) is 0 Å². The molecule has 0 aliphatic heterocycles. The van der Waals surface area contributed by atoms with E-state index in [1.807, 2.05) is 31.2 Å². The zero-order chi connectivity index (χ0) is 15.5. The molecule has 22 heavy (non-hydrogen) atoms. The average Bonchev–Trinajstić information content (AvgIpc) is 2.89. The smallest absolute Gasteiger partial charge is 0.270 e. The lowest BCUT2D eigenvalue weighted by Crippen LogP contribution is -2.32. The van der Waals surface area contributed by atoms with Crippen LogP contribution in [0, 0.1) is 6.92 Å². The van der Waals surface area contributed by atoms with E-state index in [0.717, 1.165) is 18.1 Å². The molecule has 112 valence electrons. The van der Waals surface area contributed by atoms with Gasteiger partial charge in [-0.1, -0.05) is 30.3 Å². The van der Waals surface area contributed by atoms with Gasteiger partial charge in [0.05, 0.1) is 0 Å². The van der Waals surface area contributed by atoms with E-state index >= 15 is 0 Å². The second-order valence-corrected chi connectivity index (χ2v) is 5.60. The van der Waals surface area contributed by atoms with Crippen LogP contribution in [0.2, 0.25) is 0 Å². The number of anilines is 1. The first-order valence-electron chi connectivity index (χ1n) is 7.41. The second kappa shape index (κ2) is 6.02. The predicted octanol–water partition coefficient (Wildman–Crippen LogP) is 2.58. The van der Waals surface area contributed by atoms with Crippen LogP contribution in [-0.4, -0.2) is 23.9 Å². The van der Waals surface area contributed by atoms with Gasteiger partial charge in [-0.25, -0.2) is 4.57 Å². The third-order valence-corrected chi connectivity index (χ3v) is 3.85. The molecule has 0 N–H and O–H groups in total. The fraction of sp³-hybridized carbons (Fsp3) is 0.222. The van der Waals surface area contributed by atoms with Gasteiger partial charge in [-0.3, -0.25) is 0 Å². The van der Waals surface area contributed by atoms with Gasteiger partial charge in [-0.15, -0.1) is 4.68 Å². The van der Waals surface area contributed by atoms with Crippen molar-refractivity contribution in [2.24, 2.45) is 0 Å². The highest BCUT2D eigenvalue weighted by Gasteiger charge is 2.15. The maximum atomic E-state index is 4.51. The molecule has 0 amide bonds. The van der Waals surface area contributed by atoms with Gasteiger partial charge in [-0.2, -0.15) is 0 Å². The summed E-state index contributed by atoms with van der Waals surface area (Å²) in [6.45, 7) is 2.88. The Morgan fingerprint density at radius 3 is 2.32 bits per heavy atom. The Morgan fingerprint density at radius 1 is 1.00 bits per heavy atom. The van der Waals surface area contributed by atoms with E-state index < -0.39 is 0 Å². The molecule has 2 aromatic carbocycles. The molecular weight excluding hydrogens is 272 g/mol. The van der Waals surface area contributed by atoms with Gasteiger partial charge in [0.1, 0.15) is 12.2 Å². The van der Waals surface area contributed by atoms with Gasteiger partial charge in [-0.05, 0) is 29.8 Å². The monoisotopic (exact) mass is 293 g/mol. The molecule has 4 nitrogen and oxygen atoms in total. The van der Waals surface area contributed by atoms with Gasteiger partial charge in [0.25, 0.3) is 6.33 Å². The molecule has 0 saturated carbocycles. The van der Waals surface area contributed by atoms with Crippen molar-refractivity contribution < 1.29 is 4.57 Å². The molecule has 0 atom stereocenters. The van der Waals surface area contributed by atoms with Crippen molar-refractivity contribution in [3.8, 4) is 5.69 Å².